The Bertz CT molecular complexity index is 288. The fraction of sp³-hybridized carbons (Fsp3) is 0.727. The smallest absolute Gasteiger partial charge is 0.0492 e. The molecular formula is C11H19N3. The highest BCUT2D eigenvalue weighted by Crippen LogP contribution is 2.28. The third-order valence-corrected chi connectivity index (χ3v) is 3.26. The summed E-state index contributed by atoms with van der Waals surface area (Å²) in [5.74, 6) is 1.29. The van der Waals surface area contributed by atoms with E-state index in [-0.39, 0.29) is 0 Å². The zero-order valence-electron chi connectivity index (χ0n) is 8.82. The first-order valence-electron chi connectivity index (χ1n) is 5.53. The SMILES string of the molecule is CC(CN)c1ccnn1CC1CCC1. The Kier molecular flexibility index (Phi) is 2.87. The van der Waals surface area contributed by atoms with Crippen molar-refractivity contribution in [2.75, 3.05) is 6.54 Å². The van der Waals surface area contributed by atoms with Crippen molar-refractivity contribution in [1.29, 1.82) is 0 Å². The average Bonchev–Trinajstić information content (AvgIpc) is 2.58. The lowest BCUT2D eigenvalue weighted by atomic mass is 9.85. The molecule has 0 amide bonds. The molecule has 1 aliphatic carbocycles. The summed E-state index contributed by atoms with van der Waals surface area (Å²) in [7, 11) is 0. The summed E-state index contributed by atoms with van der Waals surface area (Å²) in [6.07, 6.45) is 6.03. The van der Waals surface area contributed by atoms with Crippen molar-refractivity contribution < 1.29 is 0 Å². The maximum Gasteiger partial charge on any atom is 0.0492 e. The maximum absolute atomic E-state index is 5.67. The van der Waals surface area contributed by atoms with Gasteiger partial charge in [-0.15, -0.1) is 0 Å². The Morgan fingerprint density at radius 3 is 3.00 bits per heavy atom. The molecule has 1 unspecified atom stereocenters. The molecule has 0 saturated heterocycles. The number of hydrogen-bond donors (Lipinski definition) is 1. The van der Waals surface area contributed by atoms with E-state index < -0.39 is 0 Å². The quantitative estimate of drug-likeness (QED) is 0.791. The molecule has 1 heterocycles. The molecule has 2 rings (SSSR count). The van der Waals surface area contributed by atoms with Gasteiger partial charge in [-0.2, -0.15) is 5.10 Å². The Hall–Kier alpha value is -0.830. The van der Waals surface area contributed by atoms with Crippen molar-refractivity contribution in [2.45, 2.75) is 38.6 Å². The Morgan fingerprint density at radius 2 is 2.43 bits per heavy atom. The summed E-state index contributed by atoms with van der Waals surface area (Å²) in [6, 6.07) is 2.09. The van der Waals surface area contributed by atoms with Gasteiger partial charge in [-0.3, -0.25) is 4.68 Å². The lowest BCUT2D eigenvalue weighted by Crippen LogP contribution is -2.22. The number of aromatic nitrogens is 2. The van der Waals surface area contributed by atoms with Crippen molar-refractivity contribution in [3.8, 4) is 0 Å². The molecule has 3 nitrogen and oxygen atoms in total. The molecule has 1 aromatic heterocycles. The van der Waals surface area contributed by atoms with Gasteiger partial charge in [0.2, 0.25) is 0 Å². The number of nitrogens with zero attached hydrogens (tertiary/aromatic N) is 2. The monoisotopic (exact) mass is 193 g/mol. The van der Waals surface area contributed by atoms with Gasteiger partial charge in [0.1, 0.15) is 0 Å². The molecule has 1 aromatic rings. The van der Waals surface area contributed by atoms with Crippen molar-refractivity contribution in [2.24, 2.45) is 11.7 Å². The molecular weight excluding hydrogens is 174 g/mol. The van der Waals surface area contributed by atoms with Gasteiger partial charge in [-0.25, -0.2) is 0 Å². The van der Waals surface area contributed by atoms with Crippen molar-refractivity contribution in [3.63, 3.8) is 0 Å². The minimum Gasteiger partial charge on any atom is -0.330 e. The number of nitrogens with two attached hydrogens (primary N) is 1. The largest absolute Gasteiger partial charge is 0.330 e. The highest BCUT2D eigenvalue weighted by Gasteiger charge is 2.20. The van der Waals surface area contributed by atoms with Crippen molar-refractivity contribution in [1.82, 2.24) is 9.78 Å². The van der Waals surface area contributed by atoms with E-state index in [2.05, 4.69) is 22.8 Å². The van der Waals surface area contributed by atoms with Crippen LogP contribution in [0.4, 0.5) is 0 Å². The highest BCUT2D eigenvalue weighted by atomic mass is 15.3. The Morgan fingerprint density at radius 1 is 1.64 bits per heavy atom. The zero-order chi connectivity index (χ0) is 9.97. The summed E-state index contributed by atoms with van der Waals surface area (Å²) >= 11 is 0. The molecule has 1 aliphatic rings. The predicted octanol–water partition coefficient (Wildman–Crippen LogP) is 1.75. The third-order valence-electron chi connectivity index (χ3n) is 3.26. The molecule has 78 valence electrons. The van der Waals surface area contributed by atoms with Crippen LogP contribution in [0.5, 0.6) is 0 Å². The summed E-state index contributed by atoms with van der Waals surface area (Å²) in [5.41, 5.74) is 6.96. The van der Waals surface area contributed by atoms with Crippen LogP contribution in [-0.4, -0.2) is 16.3 Å². The first-order chi connectivity index (χ1) is 6.81. The number of hydrogen-bond acceptors (Lipinski definition) is 2. The standard InChI is InChI=1S/C11H19N3/c1-9(7-12)11-5-6-13-14(11)8-10-3-2-4-10/h5-6,9-10H,2-4,7-8,12H2,1H3. The van der Waals surface area contributed by atoms with E-state index in [1.54, 1.807) is 0 Å². The van der Waals surface area contributed by atoms with E-state index in [0.29, 0.717) is 12.5 Å². The minimum absolute atomic E-state index is 0.428. The van der Waals surface area contributed by atoms with Crippen LogP contribution in [0.1, 0.15) is 37.8 Å². The van der Waals surface area contributed by atoms with Crippen LogP contribution in [0.2, 0.25) is 0 Å². The molecule has 0 aromatic carbocycles. The van der Waals surface area contributed by atoms with Gasteiger partial charge in [0.25, 0.3) is 0 Å². The predicted molar refractivity (Wildman–Crippen MR) is 57.0 cm³/mol. The summed E-state index contributed by atoms with van der Waals surface area (Å²) in [4.78, 5) is 0. The molecule has 2 N–H and O–H groups in total. The minimum atomic E-state index is 0.428. The molecule has 14 heavy (non-hydrogen) atoms. The van der Waals surface area contributed by atoms with Crippen LogP contribution in [0.25, 0.3) is 0 Å². The molecule has 0 aliphatic heterocycles. The topological polar surface area (TPSA) is 43.8 Å². The molecule has 1 fully saturated rings. The molecule has 0 bridgehead atoms. The van der Waals surface area contributed by atoms with Gasteiger partial charge in [0.15, 0.2) is 0 Å². The van der Waals surface area contributed by atoms with E-state index in [9.17, 15) is 0 Å². The summed E-state index contributed by atoms with van der Waals surface area (Å²) in [5, 5.41) is 4.37. The normalized spacial score (nSPS) is 19.3. The van der Waals surface area contributed by atoms with Gasteiger partial charge in [-0.1, -0.05) is 13.3 Å². The fourth-order valence-electron chi connectivity index (χ4n) is 1.95. The number of rotatable bonds is 4. The molecule has 0 radical (unpaired) electrons. The molecule has 1 saturated carbocycles. The highest BCUT2D eigenvalue weighted by molar-refractivity contribution is 5.07. The fourth-order valence-corrected chi connectivity index (χ4v) is 1.95. The molecule has 1 atom stereocenters. The van der Waals surface area contributed by atoms with Gasteiger partial charge in [0.05, 0.1) is 0 Å². The van der Waals surface area contributed by atoms with Gasteiger partial charge >= 0.3 is 0 Å². The van der Waals surface area contributed by atoms with E-state index >= 15 is 0 Å². The van der Waals surface area contributed by atoms with Gasteiger partial charge < -0.3 is 5.73 Å². The van der Waals surface area contributed by atoms with E-state index in [4.69, 9.17) is 5.73 Å². The van der Waals surface area contributed by atoms with Crippen LogP contribution in [-0.2, 0) is 6.54 Å². The molecule has 3 heteroatoms. The van der Waals surface area contributed by atoms with Gasteiger partial charge in [-0.05, 0) is 24.8 Å². The van der Waals surface area contributed by atoms with Crippen LogP contribution < -0.4 is 5.73 Å². The van der Waals surface area contributed by atoms with E-state index in [1.807, 2.05) is 6.20 Å². The van der Waals surface area contributed by atoms with E-state index in [1.165, 1.54) is 25.0 Å². The van der Waals surface area contributed by atoms with Crippen molar-refractivity contribution in [3.05, 3.63) is 18.0 Å². The van der Waals surface area contributed by atoms with Crippen molar-refractivity contribution >= 4 is 0 Å². The summed E-state index contributed by atoms with van der Waals surface area (Å²) in [6.45, 7) is 3.96. The third kappa shape index (κ3) is 1.82. The molecule has 0 spiro atoms. The lowest BCUT2D eigenvalue weighted by molar-refractivity contribution is 0.262. The Balaban J connectivity index is 2.04. The van der Waals surface area contributed by atoms with E-state index in [0.717, 1.165) is 12.5 Å². The van der Waals surface area contributed by atoms with Gasteiger partial charge in [0, 0.05) is 30.9 Å². The van der Waals surface area contributed by atoms with Crippen LogP contribution in [0.15, 0.2) is 12.3 Å². The van der Waals surface area contributed by atoms with Crippen LogP contribution >= 0.6 is 0 Å². The second-order valence-corrected chi connectivity index (χ2v) is 4.37. The zero-order valence-corrected chi connectivity index (χ0v) is 8.82. The lowest BCUT2D eigenvalue weighted by Gasteiger charge is -2.26. The maximum atomic E-state index is 5.67. The second-order valence-electron chi connectivity index (χ2n) is 4.37. The average molecular weight is 193 g/mol. The summed E-state index contributed by atoms with van der Waals surface area (Å²) < 4.78 is 2.14. The second kappa shape index (κ2) is 4.13. The van der Waals surface area contributed by atoms with Crippen LogP contribution in [0.3, 0.4) is 0 Å². The first kappa shape index (κ1) is 9.71. The Labute approximate surface area is 85.3 Å². The first-order valence-corrected chi connectivity index (χ1v) is 5.53. The van der Waals surface area contributed by atoms with Crippen LogP contribution in [0, 0.1) is 5.92 Å².